The van der Waals surface area contributed by atoms with E-state index in [0.29, 0.717) is 10.8 Å². The second-order valence-corrected chi connectivity index (χ2v) is 5.13. The summed E-state index contributed by atoms with van der Waals surface area (Å²) in [4.78, 5) is 15.1. The normalized spacial score (nSPS) is 11.8. The Kier molecular flexibility index (Phi) is 3.62. The number of hydrogen-bond donors (Lipinski definition) is 1. The number of nitrogens with zero attached hydrogens (tertiary/aromatic N) is 2. The van der Waals surface area contributed by atoms with E-state index < -0.39 is 5.97 Å². The number of aryl methyl sites for hydroxylation is 1. The van der Waals surface area contributed by atoms with E-state index in [-0.39, 0.29) is 6.04 Å². The summed E-state index contributed by atoms with van der Waals surface area (Å²) in [6, 6.07) is 3.87. The summed E-state index contributed by atoms with van der Waals surface area (Å²) in [5, 5.41) is 9.39. The summed E-state index contributed by atoms with van der Waals surface area (Å²) >= 11 is 6.08. The van der Waals surface area contributed by atoms with Gasteiger partial charge in [-0.3, -0.25) is 0 Å². The SMILES string of the molecule is Cc1cc(Cl)cc2c1nc(/C=C/C(=O)O)n2C(C)C. The number of benzene rings is 1. The maximum absolute atomic E-state index is 10.6. The van der Waals surface area contributed by atoms with E-state index in [1.807, 2.05) is 37.5 Å². The summed E-state index contributed by atoms with van der Waals surface area (Å²) < 4.78 is 1.98. The van der Waals surface area contributed by atoms with Gasteiger partial charge in [-0.1, -0.05) is 11.6 Å². The van der Waals surface area contributed by atoms with E-state index in [1.54, 1.807) is 0 Å². The largest absolute Gasteiger partial charge is 0.478 e. The van der Waals surface area contributed by atoms with Crippen molar-refractivity contribution in [2.24, 2.45) is 0 Å². The van der Waals surface area contributed by atoms with Crippen LogP contribution in [0.5, 0.6) is 0 Å². The maximum Gasteiger partial charge on any atom is 0.328 e. The summed E-state index contributed by atoms with van der Waals surface area (Å²) in [7, 11) is 0. The highest BCUT2D eigenvalue weighted by atomic mass is 35.5. The first-order valence-electron chi connectivity index (χ1n) is 5.99. The van der Waals surface area contributed by atoms with Crippen molar-refractivity contribution in [3.05, 3.63) is 34.6 Å². The fraction of sp³-hybridized carbons (Fsp3) is 0.286. The van der Waals surface area contributed by atoms with Crippen LogP contribution in [0.4, 0.5) is 0 Å². The van der Waals surface area contributed by atoms with E-state index in [0.717, 1.165) is 22.7 Å². The Bertz CT molecular complexity index is 672. The van der Waals surface area contributed by atoms with Crippen LogP contribution in [0.1, 0.15) is 31.3 Å². The van der Waals surface area contributed by atoms with Crippen molar-refractivity contribution < 1.29 is 9.90 Å². The molecule has 19 heavy (non-hydrogen) atoms. The Morgan fingerprint density at radius 2 is 2.16 bits per heavy atom. The fourth-order valence-corrected chi connectivity index (χ4v) is 2.41. The Morgan fingerprint density at radius 1 is 1.47 bits per heavy atom. The highest BCUT2D eigenvalue weighted by Gasteiger charge is 2.14. The van der Waals surface area contributed by atoms with E-state index in [1.165, 1.54) is 6.08 Å². The molecule has 0 aliphatic rings. The molecule has 5 heteroatoms. The van der Waals surface area contributed by atoms with Crippen molar-refractivity contribution >= 4 is 34.7 Å². The molecule has 0 radical (unpaired) electrons. The van der Waals surface area contributed by atoms with Crippen LogP contribution >= 0.6 is 11.6 Å². The Labute approximate surface area is 116 Å². The van der Waals surface area contributed by atoms with Gasteiger partial charge in [0, 0.05) is 17.1 Å². The lowest BCUT2D eigenvalue weighted by molar-refractivity contribution is -0.131. The average molecular weight is 279 g/mol. The second-order valence-electron chi connectivity index (χ2n) is 4.70. The van der Waals surface area contributed by atoms with Gasteiger partial charge in [0.15, 0.2) is 0 Å². The molecule has 0 aliphatic carbocycles. The smallest absolute Gasteiger partial charge is 0.328 e. The topological polar surface area (TPSA) is 55.1 Å². The van der Waals surface area contributed by atoms with Crippen molar-refractivity contribution in [1.29, 1.82) is 0 Å². The monoisotopic (exact) mass is 278 g/mol. The number of carboxylic acid groups (broad SMARTS) is 1. The van der Waals surface area contributed by atoms with Gasteiger partial charge in [-0.05, 0) is 44.5 Å². The molecule has 1 aromatic carbocycles. The van der Waals surface area contributed by atoms with Gasteiger partial charge in [-0.15, -0.1) is 0 Å². The first-order valence-corrected chi connectivity index (χ1v) is 6.37. The quantitative estimate of drug-likeness (QED) is 0.872. The second kappa shape index (κ2) is 5.05. The molecule has 2 aromatic rings. The van der Waals surface area contributed by atoms with Crippen molar-refractivity contribution in [3.63, 3.8) is 0 Å². The van der Waals surface area contributed by atoms with Gasteiger partial charge in [0.2, 0.25) is 0 Å². The third kappa shape index (κ3) is 2.63. The van der Waals surface area contributed by atoms with Gasteiger partial charge in [0.05, 0.1) is 11.0 Å². The molecule has 0 saturated carbocycles. The van der Waals surface area contributed by atoms with Crippen LogP contribution in [-0.4, -0.2) is 20.6 Å². The predicted octanol–water partition coefficient (Wildman–Crippen LogP) is 3.68. The fourth-order valence-electron chi connectivity index (χ4n) is 2.14. The lowest BCUT2D eigenvalue weighted by atomic mass is 10.2. The van der Waals surface area contributed by atoms with Gasteiger partial charge in [0.25, 0.3) is 0 Å². The molecule has 0 saturated heterocycles. The maximum atomic E-state index is 10.6. The summed E-state index contributed by atoms with van der Waals surface area (Å²) in [6.07, 6.45) is 2.60. The number of rotatable bonds is 3. The number of carboxylic acids is 1. The third-order valence-electron chi connectivity index (χ3n) is 2.87. The number of aromatic nitrogens is 2. The number of fused-ring (bicyclic) bond motifs is 1. The van der Waals surface area contributed by atoms with E-state index >= 15 is 0 Å². The minimum absolute atomic E-state index is 0.163. The van der Waals surface area contributed by atoms with Crippen molar-refractivity contribution in [2.45, 2.75) is 26.8 Å². The summed E-state index contributed by atoms with van der Waals surface area (Å²) in [5.41, 5.74) is 2.75. The van der Waals surface area contributed by atoms with Crippen LogP contribution in [-0.2, 0) is 4.79 Å². The minimum atomic E-state index is -0.989. The van der Waals surface area contributed by atoms with E-state index in [2.05, 4.69) is 4.98 Å². The number of aliphatic carboxylic acids is 1. The van der Waals surface area contributed by atoms with Gasteiger partial charge < -0.3 is 9.67 Å². The number of halogens is 1. The van der Waals surface area contributed by atoms with Crippen LogP contribution in [0.15, 0.2) is 18.2 Å². The molecular formula is C14H15ClN2O2. The molecule has 0 atom stereocenters. The molecule has 1 N–H and O–H groups in total. The van der Waals surface area contributed by atoms with Crippen molar-refractivity contribution in [1.82, 2.24) is 9.55 Å². The Morgan fingerprint density at radius 3 is 2.74 bits per heavy atom. The molecule has 2 rings (SSSR count). The summed E-state index contributed by atoms with van der Waals surface area (Å²) in [6.45, 7) is 5.99. The van der Waals surface area contributed by atoms with Crippen LogP contribution in [0, 0.1) is 6.92 Å². The zero-order chi connectivity index (χ0) is 14.2. The minimum Gasteiger partial charge on any atom is -0.478 e. The van der Waals surface area contributed by atoms with Crippen molar-refractivity contribution in [2.75, 3.05) is 0 Å². The third-order valence-corrected chi connectivity index (χ3v) is 3.09. The molecule has 100 valence electrons. The lowest BCUT2D eigenvalue weighted by Crippen LogP contribution is -2.03. The highest BCUT2D eigenvalue weighted by Crippen LogP contribution is 2.27. The number of hydrogen-bond acceptors (Lipinski definition) is 2. The standard InChI is InChI=1S/C14H15ClN2O2/c1-8(2)17-11-7-10(15)6-9(3)14(11)16-12(17)4-5-13(18)19/h4-8H,1-3H3,(H,18,19)/b5-4+. The first-order chi connectivity index (χ1) is 8.90. The first kappa shape index (κ1) is 13.6. The van der Waals surface area contributed by atoms with Gasteiger partial charge in [-0.25, -0.2) is 9.78 Å². The Balaban J connectivity index is 2.74. The molecule has 0 bridgehead atoms. The van der Waals surface area contributed by atoms with E-state index in [9.17, 15) is 4.79 Å². The molecule has 1 heterocycles. The predicted molar refractivity (Wildman–Crippen MR) is 76.5 cm³/mol. The average Bonchev–Trinajstić information content (AvgIpc) is 2.64. The number of carbonyl (C=O) groups is 1. The van der Waals surface area contributed by atoms with Crippen LogP contribution in [0.3, 0.4) is 0 Å². The molecule has 0 aliphatic heterocycles. The molecule has 0 unspecified atom stereocenters. The molecule has 1 aromatic heterocycles. The van der Waals surface area contributed by atoms with Crippen LogP contribution in [0.2, 0.25) is 5.02 Å². The summed E-state index contributed by atoms with van der Waals surface area (Å²) in [5.74, 6) is -0.366. The molecular weight excluding hydrogens is 264 g/mol. The van der Waals surface area contributed by atoms with Crippen molar-refractivity contribution in [3.8, 4) is 0 Å². The zero-order valence-electron chi connectivity index (χ0n) is 11.0. The Hall–Kier alpha value is -1.81. The zero-order valence-corrected chi connectivity index (χ0v) is 11.8. The lowest BCUT2D eigenvalue weighted by Gasteiger charge is -2.11. The molecule has 0 amide bonds. The van der Waals surface area contributed by atoms with Gasteiger partial charge >= 0.3 is 5.97 Å². The van der Waals surface area contributed by atoms with E-state index in [4.69, 9.17) is 16.7 Å². The molecule has 0 fully saturated rings. The van der Waals surface area contributed by atoms with Crippen LogP contribution < -0.4 is 0 Å². The molecule has 0 spiro atoms. The van der Waals surface area contributed by atoms with Gasteiger partial charge in [0.1, 0.15) is 5.82 Å². The van der Waals surface area contributed by atoms with Gasteiger partial charge in [-0.2, -0.15) is 0 Å². The molecule has 4 nitrogen and oxygen atoms in total. The number of imidazole rings is 1. The van der Waals surface area contributed by atoms with Crippen LogP contribution in [0.25, 0.3) is 17.1 Å². The highest BCUT2D eigenvalue weighted by molar-refractivity contribution is 6.31.